The van der Waals surface area contributed by atoms with Gasteiger partial charge in [-0.1, -0.05) is 24.3 Å². The van der Waals surface area contributed by atoms with Gasteiger partial charge in [0.1, 0.15) is 0 Å². The molecule has 27 heavy (non-hydrogen) atoms. The Balaban J connectivity index is 0.00000261. The molecule has 1 aliphatic heterocycles. The van der Waals surface area contributed by atoms with Gasteiger partial charge in [-0.15, -0.1) is 24.0 Å². The van der Waals surface area contributed by atoms with E-state index in [9.17, 15) is 0 Å². The van der Waals surface area contributed by atoms with Gasteiger partial charge in [0.05, 0.1) is 13.1 Å². The maximum Gasteiger partial charge on any atom is 0.191 e. The Morgan fingerprint density at radius 3 is 2.74 bits per heavy atom. The summed E-state index contributed by atoms with van der Waals surface area (Å²) in [5, 5.41) is 11.2. The molecule has 1 fully saturated rings. The van der Waals surface area contributed by atoms with Crippen LogP contribution < -0.4 is 10.6 Å². The van der Waals surface area contributed by atoms with E-state index in [0.717, 1.165) is 25.6 Å². The minimum absolute atomic E-state index is 0. The van der Waals surface area contributed by atoms with E-state index in [4.69, 9.17) is 4.99 Å². The van der Waals surface area contributed by atoms with Crippen LogP contribution in [-0.2, 0) is 13.1 Å². The molecule has 7 heteroatoms. The Hall–Kier alpha value is -1.22. The standard InChI is InChI=1S/C20H29N5S.HI/c1-3-21-19(23-16-20(2)10-6-13-26-20)22-14-17-8-4-5-9-18(17)15-25-12-7-11-24-25;/h4-5,7-9,11-12H,3,6,10,13-16H2,1-2H3,(H2,21,22,23);1H. The maximum absolute atomic E-state index is 4.82. The van der Waals surface area contributed by atoms with Crippen LogP contribution in [0.15, 0.2) is 47.7 Å². The predicted molar refractivity (Wildman–Crippen MR) is 126 cm³/mol. The quantitative estimate of drug-likeness (QED) is 0.345. The third-order valence-electron chi connectivity index (χ3n) is 4.69. The van der Waals surface area contributed by atoms with Crippen LogP contribution >= 0.6 is 35.7 Å². The van der Waals surface area contributed by atoms with Gasteiger partial charge in [0.25, 0.3) is 0 Å². The summed E-state index contributed by atoms with van der Waals surface area (Å²) in [5.74, 6) is 2.17. The van der Waals surface area contributed by atoms with Gasteiger partial charge in [0, 0.05) is 30.2 Å². The molecule has 148 valence electrons. The molecule has 0 bridgehead atoms. The van der Waals surface area contributed by atoms with Crippen molar-refractivity contribution in [3.8, 4) is 0 Å². The number of benzene rings is 1. The fourth-order valence-corrected chi connectivity index (χ4v) is 4.43. The smallest absolute Gasteiger partial charge is 0.191 e. The lowest BCUT2D eigenvalue weighted by atomic mass is 10.1. The maximum atomic E-state index is 4.82. The largest absolute Gasteiger partial charge is 0.357 e. The lowest BCUT2D eigenvalue weighted by molar-refractivity contribution is 0.584. The third kappa shape index (κ3) is 6.71. The van der Waals surface area contributed by atoms with E-state index in [1.807, 2.05) is 23.1 Å². The average Bonchev–Trinajstić information content (AvgIpc) is 3.31. The summed E-state index contributed by atoms with van der Waals surface area (Å²) in [6.45, 7) is 7.71. The molecule has 1 unspecified atom stereocenters. The van der Waals surface area contributed by atoms with Gasteiger partial charge in [-0.2, -0.15) is 16.9 Å². The molecule has 2 heterocycles. The number of thioether (sulfide) groups is 1. The summed E-state index contributed by atoms with van der Waals surface area (Å²) < 4.78 is 2.28. The molecular formula is C20H30IN5S. The first kappa shape index (κ1) is 22.1. The van der Waals surface area contributed by atoms with Crippen molar-refractivity contribution in [1.82, 2.24) is 20.4 Å². The molecule has 0 saturated carbocycles. The Morgan fingerprint density at radius 1 is 1.26 bits per heavy atom. The minimum Gasteiger partial charge on any atom is -0.357 e. The first-order valence-electron chi connectivity index (χ1n) is 9.39. The number of halogens is 1. The van der Waals surface area contributed by atoms with Gasteiger partial charge in [-0.25, -0.2) is 4.99 Å². The van der Waals surface area contributed by atoms with E-state index >= 15 is 0 Å². The van der Waals surface area contributed by atoms with Crippen LogP contribution in [0.1, 0.15) is 37.8 Å². The predicted octanol–water partition coefficient (Wildman–Crippen LogP) is 3.89. The normalized spacial score (nSPS) is 19.6. The number of nitrogens with one attached hydrogen (secondary N) is 2. The van der Waals surface area contributed by atoms with Crippen LogP contribution in [0, 0.1) is 0 Å². The van der Waals surface area contributed by atoms with Crippen LogP contribution in [-0.4, -0.2) is 39.3 Å². The summed E-state index contributed by atoms with van der Waals surface area (Å²) in [5.41, 5.74) is 2.50. The Kier molecular flexibility index (Phi) is 8.95. The topological polar surface area (TPSA) is 54.2 Å². The highest BCUT2D eigenvalue weighted by molar-refractivity contribution is 14.0. The van der Waals surface area contributed by atoms with Crippen molar-refractivity contribution < 1.29 is 0 Å². The average molecular weight is 499 g/mol. The summed E-state index contributed by atoms with van der Waals surface area (Å²) in [6.07, 6.45) is 6.40. The number of rotatable bonds is 7. The second-order valence-corrected chi connectivity index (χ2v) is 8.61. The fourth-order valence-electron chi connectivity index (χ4n) is 3.19. The van der Waals surface area contributed by atoms with E-state index in [2.05, 4.69) is 65.6 Å². The molecule has 0 radical (unpaired) electrons. The number of aromatic nitrogens is 2. The molecule has 1 saturated heterocycles. The van der Waals surface area contributed by atoms with Crippen molar-refractivity contribution in [2.24, 2.45) is 4.99 Å². The highest BCUT2D eigenvalue weighted by Gasteiger charge is 2.29. The van der Waals surface area contributed by atoms with Crippen LogP contribution in [0.3, 0.4) is 0 Å². The first-order valence-corrected chi connectivity index (χ1v) is 10.4. The lowest BCUT2D eigenvalue weighted by Gasteiger charge is -2.24. The SMILES string of the molecule is CCNC(=NCc1ccccc1Cn1cccn1)NCC1(C)CCCS1.I. The highest BCUT2D eigenvalue weighted by Crippen LogP contribution is 2.36. The first-order chi connectivity index (χ1) is 12.7. The Bertz CT molecular complexity index is 711. The van der Waals surface area contributed by atoms with Crippen molar-refractivity contribution in [2.45, 2.75) is 44.5 Å². The number of nitrogens with zero attached hydrogens (tertiary/aromatic N) is 3. The second kappa shape index (κ2) is 10.9. The monoisotopic (exact) mass is 499 g/mol. The summed E-state index contributed by atoms with van der Waals surface area (Å²) in [7, 11) is 0. The van der Waals surface area contributed by atoms with Gasteiger partial charge >= 0.3 is 0 Å². The van der Waals surface area contributed by atoms with Crippen molar-refractivity contribution in [3.05, 3.63) is 53.9 Å². The van der Waals surface area contributed by atoms with E-state index in [1.165, 1.54) is 29.7 Å². The van der Waals surface area contributed by atoms with Gasteiger partial charge in [-0.3, -0.25) is 4.68 Å². The zero-order valence-corrected chi connectivity index (χ0v) is 19.3. The zero-order valence-electron chi connectivity index (χ0n) is 16.1. The summed E-state index contributed by atoms with van der Waals surface area (Å²) >= 11 is 2.07. The number of hydrogen-bond acceptors (Lipinski definition) is 3. The molecule has 1 aliphatic rings. The molecule has 1 atom stereocenters. The number of guanidine groups is 1. The zero-order chi connectivity index (χ0) is 18.2. The fraction of sp³-hybridized carbons (Fsp3) is 0.500. The highest BCUT2D eigenvalue weighted by atomic mass is 127. The molecular weight excluding hydrogens is 469 g/mol. The van der Waals surface area contributed by atoms with Gasteiger partial charge < -0.3 is 10.6 Å². The van der Waals surface area contributed by atoms with Gasteiger partial charge in [-0.05, 0) is 49.6 Å². The molecule has 0 amide bonds. The van der Waals surface area contributed by atoms with Gasteiger partial charge in [0.15, 0.2) is 5.96 Å². The van der Waals surface area contributed by atoms with E-state index in [1.54, 1.807) is 0 Å². The van der Waals surface area contributed by atoms with Crippen LogP contribution in [0.5, 0.6) is 0 Å². The molecule has 1 aromatic heterocycles. The number of aliphatic imine (C=N–C) groups is 1. The van der Waals surface area contributed by atoms with Crippen molar-refractivity contribution >= 4 is 41.7 Å². The molecule has 2 N–H and O–H groups in total. The van der Waals surface area contributed by atoms with E-state index in [0.29, 0.717) is 11.3 Å². The molecule has 0 spiro atoms. The summed E-state index contributed by atoms with van der Waals surface area (Å²) in [6, 6.07) is 10.4. The van der Waals surface area contributed by atoms with E-state index in [-0.39, 0.29) is 24.0 Å². The van der Waals surface area contributed by atoms with Crippen LogP contribution in [0.2, 0.25) is 0 Å². The lowest BCUT2D eigenvalue weighted by Crippen LogP contribution is -2.43. The Labute approximate surface area is 183 Å². The van der Waals surface area contributed by atoms with Crippen LogP contribution in [0.4, 0.5) is 0 Å². The third-order valence-corrected chi connectivity index (χ3v) is 6.23. The molecule has 0 aliphatic carbocycles. The number of hydrogen-bond donors (Lipinski definition) is 2. The molecule has 1 aromatic carbocycles. The molecule has 2 aromatic rings. The Morgan fingerprint density at radius 2 is 2.07 bits per heavy atom. The van der Waals surface area contributed by atoms with Crippen LogP contribution in [0.25, 0.3) is 0 Å². The van der Waals surface area contributed by atoms with Crippen molar-refractivity contribution in [2.75, 3.05) is 18.8 Å². The van der Waals surface area contributed by atoms with Crippen molar-refractivity contribution in [3.63, 3.8) is 0 Å². The summed E-state index contributed by atoms with van der Waals surface area (Å²) in [4.78, 5) is 4.82. The van der Waals surface area contributed by atoms with E-state index < -0.39 is 0 Å². The van der Waals surface area contributed by atoms with Gasteiger partial charge in [0.2, 0.25) is 0 Å². The minimum atomic E-state index is 0. The molecule has 3 rings (SSSR count). The molecule has 5 nitrogen and oxygen atoms in total. The van der Waals surface area contributed by atoms with Crippen molar-refractivity contribution in [1.29, 1.82) is 0 Å². The second-order valence-electron chi connectivity index (χ2n) is 6.92.